The number of halogens is 2. The van der Waals surface area contributed by atoms with E-state index in [-0.39, 0.29) is 0 Å². The van der Waals surface area contributed by atoms with Crippen LogP contribution < -0.4 is 10.1 Å². The number of rotatable bonds is 6. The van der Waals surface area contributed by atoms with Gasteiger partial charge in [0, 0.05) is 22.7 Å². The number of para-hydroxylation sites is 1. The van der Waals surface area contributed by atoms with Crippen LogP contribution in [0.3, 0.4) is 0 Å². The molecule has 5 heteroatoms. The molecule has 1 heterocycles. The van der Waals surface area contributed by atoms with Gasteiger partial charge in [0.1, 0.15) is 17.3 Å². The quantitative estimate of drug-likeness (QED) is 0.624. The molecule has 0 aliphatic carbocycles. The van der Waals surface area contributed by atoms with Crippen molar-refractivity contribution in [3.63, 3.8) is 0 Å². The lowest BCUT2D eigenvalue weighted by Gasteiger charge is -2.08. The lowest BCUT2D eigenvalue weighted by molar-refractivity contribution is 0.406. The van der Waals surface area contributed by atoms with E-state index in [0.29, 0.717) is 23.1 Å². The zero-order chi connectivity index (χ0) is 16.9. The van der Waals surface area contributed by atoms with E-state index in [1.165, 1.54) is 0 Å². The fourth-order valence-corrected chi connectivity index (χ4v) is 2.98. The molecule has 3 aromatic rings. The number of hydrogen-bond donors (Lipinski definition) is 1. The molecule has 2 aromatic carbocycles. The molecule has 0 bridgehead atoms. The van der Waals surface area contributed by atoms with Gasteiger partial charge in [0.2, 0.25) is 0 Å². The Morgan fingerprint density at radius 1 is 1.00 bits per heavy atom. The van der Waals surface area contributed by atoms with E-state index in [1.807, 2.05) is 42.5 Å². The summed E-state index contributed by atoms with van der Waals surface area (Å²) < 4.78 is 11.2. The smallest absolute Gasteiger partial charge is 0.135 e. The fourth-order valence-electron chi connectivity index (χ4n) is 2.48. The fraction of sp³-hybridized carbons (Fsp3) is 0.158. The second kappa shape index (κ2) is 7.75. The van der Waals surface area contributed by atoms with E-state index in [1.54, 1.807) is 19.2 Å². The highest BCUT2D eigenvalue weighted by molar-refractivity contribution is 6.36. The third kappa shape index (κ3) is 3.93. The number of hydrogen-bond acceptors (Lipinski definition) is 3. The summed E-state index contributed by atoms with van der Waals surface area (Å²) >= 11 is 12.1. The molecule has 0 unspecified atom stereocenters. The molecule has 0 fully saturated rings. The van der Waals surface area contributed by atoms with Crippen LogP contribution >= 0.6 is 23.2 Å². The van der Waals surface area contributed by atoms with Gasteiger partial charge < -0.3 is 14.5 Å². The van der Waals surface area contributed by atoms with Crippen LogP contribution in [0, 0.1) is 0 Å². The number of methoxy groups -OCH3 is 1. The Labute approximate surface area is 151 Å². The van der Waals surface area contributed by atoms with Crippen molar-refractivity contribution in [2.24, 2.45) is 0 Å². The van der Waals surface area contributed by atoms with Crippen molar-refractivity contribution in [1.29, 1.82) is 0 Å². The standard InChI is InChI=1S/C19H17Cl2NO2/c1-23-18-5-3-2-4-13(18)11-22-12-15-7-9-19(24-15)16-8-6-14(20)10-17(16)21/h2-10,22H,11-12H2,1H3. The number of furan rings is 1. The van der Waals surface area contributed by atoms with Gasteiger partial charge in [0.15, 0.2) is 0 Å². The maximum absolute atomic E-state index is 6.22. The summed E-state index contributed by atoms with van der Waals surface area (Å²) in [5, 5.41) is 4.53. The summed E-state index contributed by atoms with van der Waals surface area (Å²) in [5.74, 6) is 2.44. The minimum Gasteiger partial charge on any atom is -0.496 e. The zero-order valence-corrected chi connectivity index (χ0v) is 14.7. The minimum absolute atomic E-state index is 0.574. The molecular formula is C19H17Cl2NO2. The molecule has 124 valence electrons. The Morgan fingerprint density at radius 2 is 1.83 bits per heavy atom. The normalized spacial score (nSPS) is 10.8. The first-order valence-corrected chi connectivity index (χ1v) is 8.29. The van der Waals surface area contributed by atoms with Gasteiger partial charge in [0.05, 0.1) is 18.7 Å². The Balaban J connectivity index is 1.64. The maximum atomic E-state index is 6.22. The molecule has 0 aliphatic heterocycles. The van der Waals surface area contributed by atoms with Gasteiger partial charge in [-0.1, -0.05) is 41.4 Å². The van der Waals surface area contributed by atoms with Gasteiger partial charge in [-0.15, -0.1) is 0 Å². The summed E-state index contributed by atoms with van der Waals surface area (Å²) in [7, 11) is 1.67. The molecular weight excluding hydrogens is 345 g/mol. The number of benzene rings is 2. The molecule has 0 saturated carbocycles. The van der Waals surface area contributed by atoms with Gasteiger partial charge in [-0.05, 0) is 36.4 Å². The van der Waals surface area contributed by atoms with Crippen LogP contribution in [-0.4, -0.2) is 7.11 Å². The molecule has 0 radical (unpaired) electrons. The highest BCUT2D eigenvalue weighted by atomic mass is 35.5. The van der Waals surface area contributed by atoms with Gasteiger partial charge in [-0.3, -0.25) is 0 Å². The lowest BCUT2D eigenvalue weighted by Crippen LogP contribution is -2.12. The predicted molar refractivity (Wildman–Crippen MR) is 97.7 cm³/mol. The number of ether oxygens (including phenoxy) is 1. The summed E-state index contributed by atoms with van der Waals surface area (Å²) in [6.45, 7) is 1.31. The van der Waals surface area contributed by atoms with E-state index in [0.717, 1.165) is 28.4 Å². The molecule has 0 saturated heterocycles. The predicted octanol–water partition coefficient (Wildman–Crippen LogP) is 5.55. The monoisotopic (exact) mass is 361 g/mol. The Kier molecular flexibility index (Phi) is 5.46. The zero-order valence-electron chi connectivity index (χ0n) is 13.2. The molecule has 0 atom stereocenters. The molecule has 1 N–H and O–H groups in total. The maximum Gasteiger partial charge on any atom is 0.135 e. The van der Waals surface area contributed by atoms with E-state index in [4.69, 9.17) is 32.4 Å². The van der Waals surface area contributed by atoms with Crippen molar-refractivity contribution in [2.45, 2.75) is 13.1 Å². The van der Waals surface area contributed by atoms with E-state index in [9.17, 15) is 0 Å². The van der Waals surface area contributed by atoms with Gasteiger partial charge in [-0.25, -0.2) is 0 Å². The lowest BCUT2D eigenvalue weighted by atomic mass is 10.2. The van der Waals surface area contributed by atoms with Crippen LogP contribution in [0.15, 0.2) is 59.0 Å². The van der Waals surface area contributed by atoms with Crippen molar-refractivity contribution < 1.29 is 9.15 Å². The van der Waals surface area contributed by atoms with Gasteiger partial charge >= 0.3 is 0 Å². The van der Waals surface area contributed by atoms with E-state index in [2.05, 4.69) is 5.32 Å². The van der Waals surface area contributed by atoms with Crippen LogP contribution in [0.1, 0.15) is 11.3 Å². The third-order valence-electron chi connectivity index (χ3n) is 3.67. The molecule has 3 nitrogen and oxygen atoms in total. The summed E-state index contributed by atoms with van der Waals surface area (Å²) in [4.78, 5) is 0. The summed E-state index contributed by atoms with van der Waals surface area (Å²) in [5.41, 5.74) is 1.93. The Bertz CT molecular complexity index is 830. The van der Waals surface area contributed by atoms with Gasteiger partial charge in [-0.2, -0.15) is 0 Å². The first-order chi connectivity index (χ1) is 11.7. The first-order valence-electron chi connectivity index (χ1n) is 7.54. The Morgan fingerprint density at radius 3 is 2.62 bits per heavy atom. The van der Waals surface area contributed by atoms with Crippen LogP contribution in [0.2, 0.25) is 10.0 Å². The highest BCUT2D eigenvalue weighted by Crippen LogP contribution is 2.31. The highest BCUT2D eigenvalue weighted by Gasteiger charge is 2.09. The second-order valence-electron chi connectivity index (χ2n) is 5.31. The molecule has 24 heavy (non-hydrogen) atoms. The van der Waals surface area contributed by atoms with Crippen LogP contribution in [0.5, 0.6) is 5.75 Å². The van der Waals surface area contributed by atoms with Crippen molar-refractivity contribution in [1.82, 2.24) is 5.32 Å². The minimum atomic E-state index is 0.574. The number of nitrogens with one attached hydrogen (secondary N) is 1. The van der Waals surface area contributed by atoms with Crippen molar-refractivity contribution >= 4 is 23.2 Å². The molecule has 0 spiro atoms. The molecule has 3 rings (SSSR count). The van der Waals surface area contributed by atoms with Crippen molar-refractivity contribution in [3.05, 3.63) is 76.0 Å². The summed E-state index contributed by atoms with van der Waals surface area (Å²) in [6.07, 6.45) is 0. The first kappa shape index (κ1) is 16.9. The molecule has 0 amide bonds. The topological polar surface area (TPSA) is 34.4 Å². The molecule has 1 aromatic heterocycles. The second-order valence-corrected chi connectivity index (χ2v) is 6.15. The van der Waals surface area contributed by atoms with Crippen LogP contribution in [-0.2, 0) is 13.1 Å². The van der Waals surface area contributed by atoms with Crippen molar-refractivity contribution in [3.8, 4) is 17.1 Å². The van der Waals surface area contributed by atoms with Gasteiger partial charge in [0.25, 0.3) is 0 Å². The third-order valence-corrected chi connectivity index (χ3v) is 4.21. The SMILES string of the molecule is COc1ccccc1CNCc1ccc(-c2ccc(Cl)cc2Cl)o1. The van der Waals surface area contributed by atoms with Crippen molar-refractivity contribution in [2.75, 3.05) is 7.11 Å². The van der Waals surface area contributed by atoms with E-state index >= 15 is 0 Å². The molecule has 0 aliphatic rings. The largest absolute Gasteiger partial charge is 0.496 e. The van der Waals surface area contributed by atoms with Crippen LogP contribution in [0.4, 0.5) is 0 Å². The average Bonchev–Trinajstić information content (AvgIpc) is 3.04. The van der Waals surface area contributed by atoms with E-state index < -0.39 is 0 Å². The summed E-state index contributed by atoms with van der Waals surface area (Å²) in [6, 6.07) is 17.1. The average molecular weight is 362 g/mol. The van der Waals surface area contributed by atoms with Crippen LogP contribution in [0.25, 0.3) is 11.3 Å². The Hall–Kier alpha value is -1.94.